The molecule has 1 aliphatic rings. The Labute approximate surface area is 106 Å². The second-order valence-corrected chi connectivity index (χ2v) is 6.75. The fraction of sp³-hybridized carbons (Fsp3) is 0.417. The molecule has 0 bridgehead atoms. The van der Waals surface area contributed by atoms with Crippen molar-refractivity contribution in [2.24, 2.45) is 0 Å². The van der Waals surface area contributed by atoms with Gasteiger partial charge in [-0.2, -0.15) is 0 Å². The largest absolute Gasteiger partial charge is 0.508 e. The zero-order valence-corrected chi connectivity index (χ0v) is 10.9. The van der Waals surface area contributed by atoms with Gasteiger partial charge in [-0.1, -0.05) is 0 Å². The first kappa shape index (κ1) is 12.9. The minimum atomic E-state index is -2.98. The van der Waals surface area contributed by atoms with E-state index in [4.69, 9.17) is 0 Å². The Kier molecular flexibility index (Phi) is 3.30. The highest BCUT2D eigenvalue weighted by Gasteiger charge is 2.25. The number of phenolic OH excluding ortho intramolecular Hbond substituents is 1. The summed E-state index contributed by atoms with van der Waals surface area (Å²) >= 11 is 0. The van der Waals surface area contributed by atoms with Crippen LogP contribution in [-0.4, -0.2) is 48.9 Å². The summed E-state index contributed by atoms with van der Waals surface area (Å²) in [7, 11) is -2.98. The normalized spacial score (nSPS) is 18.6. The van der Waals surface area contributed by atoms with Gasteiger partial charge in [0, 0.05) is 18.7 Å². The maximum Gasteiger partial charge on any atom is 0.253 e. The van der Waals surface area contributed by atoms with Crippen LogP contribution in [0.15, 0.2) is 18.2 Å². The van der Waals surface area contributed by atoms with E-state index in [9.17, 15) is 18.3 Å². The summed E-state index contributed by atoms with van der Waals surface area (Å²) in [6, 6.07) is 4.64. The number of phenols is 1. The second-order valence-electron chi connectivity index (χ2n) is 4.45. The smallest absolute Gasteiger partial charge is 0.253 e. The van der Waals surface area contributed by atoms with Gasteiger partial charge in [-0.05, 0) is 30.7 Å². The molecule has 0 radical (unpaired) electrons. The van der Waals surface area contributed by atoms with Crippen molar-refractivity contribution < 1.29 is 18.3 Å². The van der Waals surface area contributed by atoms with Gasteiger partial charge < -0.3 is 10.0 Å². The summed E-state index contributed by atoms with van der Waals surface area (Å²) in [6.07, 6.45) is 0. The van der Waals surface area contributed by atoms with Crippen LogP contribution < -0.4 is 0 Å². The van der Waals surface area contributed by atoms with Crippen LogP contribution in [-0.2, 0) is 9.84 Å². The van der Waals surface area contributed by atoms with E-state index in [0.29, 0.717) is 11.1 Å². The number of rotatable bonds is 1. The van der Waals surface area contributed by atoms with Gasteiger partial charge in [0.15, 0.2) is 9.84 Å². The molecule has 5 nitrogen and oxygen atoms in total. The fourth-order valence-corrected chi connectivity index (χ4v) is 3.09. The average molecular weight is 269 g/mol. The van der Waals surface area contributed by atoms with E-state index in [2.05, 4.69) is 0 Å². The number of carbonyl (C=O) groups excluding carboxylic acids is 1. The van der Waals surface area contributed by atoms with Gasteiger partial charge in [0.2, 0.25) is 0 Å². The van der Waals surface area contributed by atoms with E-state index in [-0.39, 0.29) is 36.3 Å². The number of hydrogen-bond acceptors (Lipinski definition) is 4. The standard InChI is InChI=1S/C12H15NO4S/c1-9-8-10(2-3-11(9)14)12(15)13-4-6-18(16,17)7-5-13/h2-3,8,14H,4-7H2,1H3. The number of hydrogen-bond donors (Lipinski definition) is 1. The Morgan fingerprint density at radius 1 is 1.28 bits per heavy atom. The number of aromatic hydroxyl groups is 1. The number of nitrogens with zero attached hydrogens (tertiary/aromatic N) is 1. The molecule has 1 N–H and O–H groups in total. The Morgan fingerprint density at radius 2 is 1.89 bits per heavy atom. The van der Waals surface area contributed by atoms with Gasteiger partial charge in [-0.3, -0.25) is 4.79 Å². The van der Waals surface area contributed by atoms with Crippen LogP contribution in [0.4, 0.5) is 0 Å². The third-order valence-electron chi connectivity index (χ3n) is 3.08. The van der Waals surface area contributed by atoms with Crippen LogP contribution >= 0.6 is 0 Å². The minimum absolute atomic E-state index is 0.0236. The van der Waals surface area contributed by atoms with E-state index in [1.807, 2.05) is 0 Å². The van der Waals surface area contributed by atoms with Crippen LogP contribution in [0.25, 0.3) is 0 Å². The van der Waals surface area contributed by atoms with Crippen LogP contribution in [0, 0.1) is 6.92 Å². The molecule has 0 spiro atoms. The third-order valence-corrected chi connectivity index (χ3v) is 4.68. The van der Waals surface area contributed by atoms with Crippen LogP contribution in [0.2, 0.25) is 0 Å². The number of amides is 1. The molecule has 2 rings (SSSR count). The second kappa shape index (κ2) is 4.61. The van der Waals surface area contributed by atoms with Gasteiger partial charge in [0.25, 0.3) is 5.91 Å². The van der Waals surface area contributed by atoms with Crippen LogP contribution in [0.5, 0.6) is 5.75 Å². The van der Waals surface area contributed by atoms with Gasteiger partial charge in [-0.25, -0.2) is 8.42 Å². The lowest BCUT2D eigenvalue weighted by Crippen LogP contribution is -2.43. The third kappa shape index (κ3) is 2.64. The van der Waals surface area contributed by atoms with Crippen molar-refractivity contribution in [2.45, 2.75) is 6.92 Å². The highest BCUT2D eigenvalue weighted by molar-refractivity contribution is 7.91. The van der Waals surface area contributed by atoms with E-state index < -0.39 is 9.84 Å². The summed E-state index contributed by atoms with van der Waals surface area (Å²) in [5, 5.41) is 9.40. The van der Waals surface area contributed by atoms with Crippen LogP contribution in [0.1, 0.15) is 15.9 Å². The van der Waals surface area contributed by atoms with Gasteiger partial charge >= 0.3 is 0 Å². The molecule has 1 amide bonds. The Balaban J connectivity index is 2.15. The molecule has 1 saturated heterocycles. The van der Waals surface area contributed by atoms with Crippen molar-refractivity contribution in [1.29, 1.82) is 0 Å². The molecule has 0 saturated carbocycles. The molecule has 18 heavy (non-hydrogen) atoms. The number of sulfone groups is 1. The van der Waals surface area contributed by atoms with E-state index in [1.165, 1.54) is 11.0 Å². The topological polar surface area (TPSA) is 74.7 Å². The first-order valence-electron chi connectivity index (χ1n) is 5.68. The number of benzene rings is 1. The molecule has 0 unspecified atom stereocenters. The summed E-state index contributed by atoms with van der Waals surface area (Å²) in [5.41, 5.74) is 1.11. The van der Waals surface area contributed by atoms with Crippen LogP contribution in [0.3, 0.4) is 0 Å². The maximum absolute atomic E-state index is 12.1. The average Bonchev–Trinajstić information content (AvgIpc) is 2.32. The molecule has 1 aromatic rings. The molecule has 98 valence electrons. The molecule has 0 aliphatic carbocycles. The SMILES string of the molecule is Cc1cc(C(=O)N2CCS(=O)(=O)CC2)ccc1O. The first-order chi connectivity index (χ1) is 8.39. The van der Waals surface area contributed by atoms with E-state index in [1.54, 1.807) is 19.1 Å². The maximum atomic E-state index is 12.1. The number of aryl methyl sites for hydroxylation is 1. The molecular formula is C12H15NO4S. The summed E-state index contributed by atoms with van der Waals surface area (Å²) < 4.78 is 22.6. The van der Waals surface area contributed by atoms with Crippen molar-refractivity contribution in [3.8, 4) is 5.75 Å². The molecule has 1 aliphatic heterocycles. The van der Waals surface area contributed by atoms with Crippen molar-refractivity contribution in [2.75, 3.05) is 24.6 Å². The van der Waals surface area contributed by atoms with Gasteiger partial charge in [-0.15, -0.1) is 0 Å². The highest BCUT2D eigenvalue weighted by atomic mass is 32.2. The quantitative estimate of drug-likeness (QED) is 0.809. The van der Waals surface area contributed by atoms with Crippen molar-refractivity contribution in [3.05, 3.63) is 29.3 Å². The monoisotopic (exact) mass is 269 g/mol. The van der Waals surface area contributed by atoms with Crippen molar-refractivity contribution >= 4 is 15.7 Å². The van der Waals surface area contributed by atoms with E-state index >= 15 is 0 Å². The Morgan fingerprint density at radius 3 is 2.44 bits per heavy atom. The summed E-state index contributed by atoms with van der Waals surface area (Å²) in [6.45, 7) is 2.19. The number of carbonyl (C=O) groups is 1. The van der Waals surface area contributed by atoms with Crippen molar-refractivity contribution in [1.82, 2.24) is 4.90 Å². The Bertz CT molecular complexity index is 566. The van der Waals surface area contributed by atoms with Gasteiger partial charge in [0.1, 0.15) is 5.75 Å². The summed E-state index contributed by atoms with van der Waals surface area (Å²) in [4.78, 5) is 13.7. The molecular weight excluding hydrogens is 254 g/mol. The van der Waals surface area contributed by atoms with Crippen molar-refractivity contribution in [3.63, 3.8) is 0 Å². The lowest BCUT2D eigenvalue weighted by Gasteiger charge is -2.26. The summed E-state index contributed by atoms with van der Waals surface area (Å²) in [5.74, 6) is 0.00628. The predicted molar refractivity (Wildman–Crippen MR) is 67.4 cm³/mol. The molecule has 6 heteroatoms. The lowest BCUT2D eigenvalue weighted by molar-refractivity contribution is 0.0770. The molecule has 0 aromatic heterocycles. The fourth-order valence-electron chi connectivity index (χ4n) is 1.89. The predicted octanol–water partition coefficient (Wildman–Crippen LogP) is 0.571. The molecule has 1 aromatic carbocycles. The first-order valence-corrected chi connectivity index (χ1v) is 7.50. The zero-order valence-electron chi connectivity index (χ0n) is 10.1. The molecule has 0 atom stereocenters. The van der Waals surface area contributed by atoms with Gasteiger partial charge in [0.05, 0.1) is 11.5 Å². The lowest BCUT2D eigenvalue weighted by atomic mass is 10.1. The molecule has 1 fully saturated rings. The zero-order chi connectivity index (χ0) is 13.3. The molecule has 1 heterocycles. The highest BCUT2D eigenvalue weighted by Crippen LogP contribution is 2.18. The van der Waals surface area contributed by atoms with E-state index in [0.717, 1.165) is 0 Å². The minimum Gasteiger partial charge on any atom is -0.508 e. The Hall–Kier alpha value is -1.56.